The predicted octanol–water partition coefficient (Wildman–Crippen LogP) is 4.45. The SMILES string of the molecule is CCc1ccc2[nH]c(=O)c(CN(CCc3ccccc3)[C@@H](CC)c3nnnn3C[C@@H]3CCCO3)cc2c1. The summed E-state index contributed by atoms with van der Waals surface area (Å²) < 4.78 is 7.76. The first kappa shape index (κ1) is 25.3. The molecule has 0 unspecified atom stereocenters. The van der Waals surface area contributed by atoms with E-state index in [1.807, 2.05) is 22.9 Å². The van der Waals surface area contributed by atoms with Crippen molar-refractivity contribution in [3.05, 3.63) is 87.5 Å². The minimum atomic E-state index is -0.0461. The average molecular weight is 501 g/mol. The van der Waals surface area contributed by atoms with Gasteiger partial charge in [-0.1, -0.05) is 50.2 Å². The van der Waals surface area contributed by atoms with Gasteiger partial charge in [0.05, 0.1) is 18.7 Å². The maximum Gasteiger partial charge on any atom is 0.252 e. The van der Waals surface area contributed by atoms with Crippen molar-refractivity contribution in [1.82, 2.24) is 30.1 Å². The standard InChI is InChI=1S/C29H36N6O2/c1-3-21-12-13-26-23(17-21)18-24(29(36)30-26)19-34(15-14-22-9-6-5-7-10-22)27(4-2)28-31-32-33-35(28)20-25-11-8-16-37-25/h5-7,9-10,12-13,17-18,25,27H,3-4,8,11,14-16,19-20H2,1-2H3,(H,30,36)/t25-,27-/m0/s1. The van der Waals surface area contributed by atoms with Gasteiger partial charge in [-0.05, 0) is 77.2 Å². The summed E-state index contributed by atoms with van der Waals surface area (Å²) in [5, 5.41) is 13.9. The quantitative estimate of drug-likeness (QED) is 0.327. The van der Waals surface area contributed by atoms with E-state index in [2.05, 4.69) is 75.7 Å². The summed E-state index contributed by atoms with van der Waals surface area (Å²) >= 11 is 0. The Bertz CT molecular complexity index is 1360. The van der Waals surface area contributed by atoms with E-state index in [-0.39, 0.29) is 17.7 Å². The molecule has 0 bridgehead atoms. The summed E-state index contributed by atoms with van der Waals surface area (Å²) in [6.45, 7) is 7.05. The number of hydrogen-bond acceptors (Lipinski definition) is 6. The normalized spacial score (nSPS) is 16.6. The van der Waals surface area contributed by atoms with Crippen LogP contribution in [0.4, 0.5) is 0 Å². The van der Waals surface area contributed by atoms with Gasteiger partial charge in [0.1, 0.15) is 0 Å². The number of aryl methyl sites for hydroxylation is 1. The molecular weight excluding hydrogens is 464 g/mol. The van der Waals surface area contributed by atoms with E-state index in [9.17, 15) is 4.79 Å². The molecular formula is C29H36N6O2. The Labute approximate surface area is 217 Å². The summed E-state index contributed by atoms with van der Waals surface area (Å²) in [7, 11) is 0. The van der Waals surface area contributed by atoms with E-state index >= 15 is 0 Å². The number of rotatable bonds is 11. The second-order valence-electron chi connectivity index (χ2n) is 9.88. The zero-order chi connectivity index (χ0) is 25.6. The van der Waals surface area contributed by atoms with Gasteiger partial charge < -0.3 is 9.72 Å². The van der Waals surface area contributed by atoms with Crippen LogP contribution in [-0.2, 0) is 30.7 Å². The fourth-order valence-corrected chi connectivity index (χ4v) is 5.29. The number of nitrogens with one attached hydrogen (secondary N) is 1. The molecule has 1 aliphatic rings. The topological polar surface area (TPSA) is 88.9 Å². The van der Waals surface area contributed by atoms with Crippen LogP contribution in [0.5, 0.6) is 0 Å². The van der Waals surface area contributed by atoms with Crippen molar-refractivity contribution in [2.45, 2.75) is 71.2 Å². The lowest BCUT2D eigenvalue weighted by molar-refractivity contribution is 0.0893. The second kappa shape index (κ2) is 11.8. The van der Waals surface area contributed by atoms with Gasteiger partial charge in [0.25, 0.3) is 5.56 Å². The molecule has 0 radical (unpaired) electrons. The molecule has 5 rings (SSSR count). The number of aromatic amines is 1. The molecule has 3 heterocycles. The summed E-state index contributed by atoms with van der Waals surface area (Å²) in [4.78, 5) is 18.6. The highest BCUT2D eigenvalue weighted by Gasteiger charge is 2.27. The number of nitrogens with zero attached hydrogens (tertiary/aromatic N) is 5. The molecule has 37 heavy (non-hydrogen) atoms. The molecule has 0 spiro atoms. The molecule has 0 aliphatic carbocycles. The first-order valence-electron chi connectivity index (χ1n) is 13.4. The van der Waals surface area contributed by atoms with Crippen LogP contribution in [0.1, 0.15) is 61.7 Å². The maximum absolute atomic E-state index is 13.1. The molecule has 1 fully saturated rings. The van der Waals surface area contributed by atoms with Gasteiger partial charge in [0.2, 0.25) is 0 Å². The molecule has 194 valence electrons. The molecule has 1 aliphatic heterocycles. The fourth-order valence-electron chi connectivity index (χ4n) is 5.29. The summed E-state index contributed by atoms with van der Waals surface area (Å²) in [5.41, 5.74) is 4.10. The third kappa shape index (κ3) is 5.97. The number of tetrazole rings is 1. The largest absolute Gasteiger partial charge is 0.376 e. The highest BCUT2D eigenvalue weighted by molar-refractivity contribution is 5.79. The van der Waals surface area contributed by atoms with E-state index in [0.29, 0.717) is 13.1 Å². The monoisotopic (exact) mass is 500 g/mol. The van der Waals surface area contributed by atoms with Crippen molar-refractivity contribution < 1.29 is 4.74 Å². The number of hydrogen-bond donors (Lipinski definition) is 1. The number of fused-ring (bicyclic) bond motifs is 1. The molecule has 2 atom stereocenters. The van der Waals surface area contributed by atoms with Crippen molar-refractivity contribution in [3.63, 3.8) is 0 Å². The molecule has 2 aromatic carbocycles. The van der Waals surface area contributed by atoms with Crippen LogP contribution in [-0.4, -0.2) is 49.3 Å². The number of H-pyrrole nitrogens is 1. The van der Waals surface area contributed by atoms with Crippen LogP contribution in [0.25, 0.3) is 10.9 Å². The molecule has 1 N–H and O–H groups in total. The highest BCUT2D eigenvalue weighted by atomic mass is 16.5. The van der Waals surface area contributed by atoms with Gasteiger partial charge in [-0.25, -0.2) is 4.68 Å². The Kier molecular flexibility index (Phi) is 8.06. The number of benzene rings is 2. The van der Waals surface area contributed by atoms with Crippen LogP contribution in [0.15, 0.2) is 59.4 Å². The van der Waals surface area contributed by atoms with Gasteiger partial charge in [-0.15, -0.1) is 5.10 Å². The number of aromatic nitrogens is 5. The van der Waals surface area contributed by atoms with Crippen molar-refractivity contribution in [1.29, 1.82) is 0 Å². The summed E-state index contributed by atoms with van der Waals surface area (Å²) in [6.07, 6.45) is 4.90. The van der Waals surface area contributed by atoms with Crippen LogP contribution in [0, 0.1) is 0 Å². The van der Waals surface area contributed by atoms with Crippen LogP contribution in [0.2, 0.25) is 0 Å². The van der Waals surface area contributed by atoms with Crippen molar-refractivity contribution in [2.24, 2.45) is 0 Å². The summed E-state index contributed by atoms with van der Waals surface area (Å²) in [6, 6.07) is 18.7. The molecule has 1 saturated heterocycles. The van der Waals surface area contributed by atoms with E-state index in [1.165, 1.54) is 11.1 Å². The zero-order valence-electron chi connectivity index (χ0n) is 21.8. The molecule has 0 amide bonds. The minimum absolute atomic E-state index is 0.0304. The van der Waals surface area contributed by atoms with Crippen LogP contribution >= 0.6 is 0 Å². The molecule has 0 saturated carbocycles. The predicted molar refractivity (Wildman–Crippen MR) is 144 cm³/mol. The minimum Gasteiger partial charge on any atom is -0.376 e. The average Bonchev–Trinajstić information content (AvgIpc) is 3.61. The molecule has 2 aromatic heterocycles. The lowest BCUT2D eigenvalue weighted by Gasteiger charge is -2.30. The van der Waals surface area contributed by atoms with E-state index in [4.69, 9.17) is 4.74 Å². The third-order valence-electron chi connectivity index (χ3n) is 7.38. The molecule has 8 nitrogen and oxygen atoms in total. The van der Waals surface area contributed by atoms with Gasteiger partial charge in [0.15, 0.2) is 5.82 Å². The Balaban J connectivity index is 1.46. The first-order chi connectivity index (χ1) is 18.1. The molecule has 4 aromatic rings. The van der Waals surface area contributed by atoms with Crippen molar-refractivity contribution >= 4 is 10.9 Å². The second-order valence-corrected chi connectivity index (χ2v) is 9.88. The van der Waals surface area contributed by atoms with Crippen molar-refractivity contribution in [2.75, 3.05) is 13.2 Å². The lowest BCUT2D eigenvalue weighted by atomic mass is 10.1. The first-order valence-corrected chi connectivity index (χ1v) is 13.4. The van der Waals surface area contributed by atoms with Gasteiger partial charge in [-0.2, -0.15) is 0 Å². The fraction of sp³-hybridized carbons (Fsp3) is 0.448. The zero-order valence-corrected chi connectivity index (χ0v) is 21.8. The Hall–Kier alpha value is -3.36. The summed E-state index contributed by atoms with van der Waals surface area (Å²) in [5.74, 6) is 0.830. The van der Waals surface area contributed by atoms with E-state index < -0.39 is 0 Å². The van der Waals surface area contributed by atoms with E-state index in [0.717, 1.165) is 67.5 Å². The van der Waals surface area contributed by atoms with Crippen LogP contribution < -0.4 is 5.56 Å². The van der Waals surface area contributed by atoms with Gasteiger partial charge in [-0.3, -0.25) is 9.69 Å². The Morgan fingerprint density at radius 3 is 2.76 bits per heavy atom. The maximum atomic E-state index is 13.1. The van der Waals surface area contributed by atoms with Crippen LogP contribution in [0.3, 0.4) is 0 Å². The molecule has 8 heteroatoms. The van der Waals surface area contributed by atoms with Gasteiger partial charge >= 0.3 is 0 Å². The Morgan fingerprint density at radius 1 is 1.14 bits per heavy atom. The number of pyridine rings is 1. The lowest BCUT2D eigenvalue weighted by Crippen LogP contribution is -2.34. The van der Waals surface area contributed by atoms with Crippen molar-refractivity contribution in [3.8, 4) is 0 Å². The third-order valence-corrected chi connectivity index (χ3v) is 7.38. The highest BCUT2D eigenvalue weighted by Crippen LogP contribution is 2.26. The number of ether oxygens (including phenoxy) is 1. The van der Waals surface area contributed by atoms with Gasteiger partial charge in [0, 0.05) is 30.8 Å². The van der Waals surface area contributed by atoms with E-state index in [1.54, 1.807) is 0 Å². The Morgan fingerprint density at radius 2 is 2.00 bits per heavy atom. The smallest absolute Gasteiger partial charge is 0.252 e.